The summed E-state index contributed by atoms with van der Waals surface area (Å²) >= 11 is 0. The number of non-ortho nitro benzene ring substituents is 1. The quantitative estimate of drug-likeness (QED) is 0.675. The highest BCUT2D eigenvalue weighted by atomic mass is 16.6. The van der Waals surface area contributed by atoms with E-state index in [2.05, 4.69) is 17.1 Å². The van der Waals surface area contributed by atoms with Crippen molar-refractivity contribution < 1.29 is 9.72 Å². The summed E-state index contributed by atoms with van der Waals surface area (Å²) in [6, 6.07) is 4.68. The van der Waals surface area contributed by atoms with E-state index in [-0.39, 0.29) is 11.6 Å². The molecule has 2 heterocycles. The molecule has 0 atom stereocenters. The number of hydrogen-bond donors (Lipinski definition) is 1. The van der Waals surface area contributed by atoms with E-state index in [1.807, 2.05) is 0 Å². The van der Waals surface area contributed by atoms with Crippen molar-refractivity contribution in [3.05, 3.63) is 33.9 Å². The Kier molecular flexibility index (Phi) is 4.99. The lowest BCUT2D eigenvalue weighted by molar-refractivity contribution is -0.384. The Balaban J connectivity index is 1.92. The Morgan fingerprint density at radius 3 is 2.50 bits per heavy atom. The lowest BCUT2D eigenvalue weighted by atomic mass is 9.97. The van der Waals surface area contributed by atoms with Crippen LogP contribution in [0.3, 0.4) is 0 Å². The first-order valence-electron chi connectivity index (χ1n) is 8.59. The van der Waals surface area contributed by atoms with Crippen LogP contribution < -0.4 is 10.2 Å². The van der Waals surface area contributed by atoms with Gasteiger partial charge in [-0.3, -0.25) is 14.9 Å². The number of piperidine rings is 1. The van der Waals surface area contributed by atoms with Gasteiger partial charge in [-0.2, -0.15) is 0 Å². The summed E-state index contributed by atoms with van der Waals surface area (Å²) in [6.07, 6.45) is 2.16. The summed E-state index contributed by atoms with van der Waals surface area (Å²) in [7, 11) is 0. The van der Waals surface area contributed by atoms with E-state index in [0.717, 1.165) is 44.7 Å². The number of rotatable bonds is 3. The lowest BCUT2D eigenvalue weighted by Crippen LogP contribution is -2.47. The Bertz CT molecular complexity index is 620. The zero-order chi connectivity index (χ0) is 17.1. The molecule has 0 aliphatic carbocycles. The largest absolute Gasteiger partial charge is 0.371 e. The number of nitro groups is 1. The van der Waals surface area contributed by atoms with Crippen LogP contribution in [0.2, 0.25) is 0 Å². The van der Waals surface area contributed by atoms with Crippen LogP contribution in [0.1, 0.15) is 30.1 Å². The zero-order valence-corrected chi connectivity index (χ0v) is 14.0. The second-order valence-electron chi connectivity index (χ2n) is 6.67. The van der Waals surface area contributed by atoms with Crippen molar-refractivity contribution in [2.75, 3.05) is 44.2 Å². The van der Waals surface area contributed by atoms with Crippen LogP contribution in [0, 0.1) is 16.0 Å². The van der Waals surface area contributed by atoms with Crippen LogP contribution in [0.15, 0.2) is 18.2 Å². The first kappa shape index (κ1) is 16.7. The van der Waals surface area contributed by atoms with Crippen molar-refractivity contribution in [2.24, 2.45) is 5.92 Å². The van der Waals surface area contributed by atoms with Crippen molar-refractivity contribution in [3.63, 3.8) is 0 Å². The molecule has 0 saturated carbocycles. The first-order chi connectivity index (χ1) is 11.6. The van der Waals surface area contributed by atoms with Crippen molar-refractivity contribution in [3.8, 4) is 0 Å². The lowest BCUT2D eigenvalue weighted by Gasteiger charge is -2.34. The summed E-state index contributed by atoms with van der Waals surface area (Å²) in [4.78, 5) is 27.6. The number of anilines is 1. The number of nitro benzene ring substituents is 1. The highest BCUT2D eigenvalue weighted by molar-refractivity contribution is 6.00. The number of carbonyl (C=O) groups is 1. The molecular formula is C17H24N4O3. The molecule has 1 amide bonds. The second kappa shape index (κ2) is 7.17. The van der Waals surface area contributed by atoms with Crippen LogP contribution in [0.4, 0.5) is 11.4 Å². The average molecular weight is 332 g/mol. The van der Waals surface area contributed by atoms with Gasteiger partial charge < -0.3 is 15.1 Å². The van der Waals surface area contributed by atoms with Gasteiger partial charge in [-0.15, -0.1) is 0 Å². The van der Waals surface area contributed by atoms with Gasteiger partial charge in [0, 0.05) is 51.4 Å². The molecular weight excluding hydrogens is 308 g/mol. The summed E-state index contributed by atoms with van der Waals surface area (Å²) < 4.78 is 0. The van der Waals surface area contributed by atoms with Crippen molar-refractivity contribution in [2.45, 2.75) is 19.8 Å². The molecule has 1 aromatic rings. The molecule has 130 valence electrons. The zero-order valence-electron chi connectivity index (χ0n) is 14.0. The Morgan fingerprint density at radius 2 is 1.88 bits per heavy atom. The van der Waals surface area contributed by atoms with E-state index in [0.29, 0.717) is 24.6 Å². The summed E-state index contributed by atoms with van der Waals surface area (Å²) in [5.41, 5.74) is 1.26. The predicted molar refractivity (Wildman–Crippen MR) is 92.5 cm³/mol. The predicted octanol–water partition coefficient (Wildman–Crippen LogP) is 1.88. The minimum Gasteiger partial charge on any atom is -0.371 e. The van der Waals surface area contributed by atoms with E-state index >= 15 is 0 Å². The molecule has 7 heteroatoms. The fourth-order valence-electron chi connectivity index (χ4n) is 3.37. The number of nitrogens with one attached hydrogen (secondary N) is 1. The Labute approximate surface area is 141 Å². The average Bonchev–Trinajstić information content (AvgIpc) is 2.62. The molecule has 0 unspecified atom stereocenters. The van der Waals surface area contributed by atoms with Crippen molar-refractivity contribution >= 4 is 17.3 Å². The molecule has 2 aliphatic rings. The Morgan fingerprint density at radius 1 is 1.21 bits per heavy atom. The number of piperazine rings is 1. The molecule has 7 nitrogen and oxygen atoms in total. The topological polar surface area (TPSA) is 78.7 Å². The van der Waals surface area contributed by atoms with Crippen LogP contribution in [0.25, 0.3) is 0 Å². The normalized spacial score (nSPS) is 19.4. The maximum Gasteiger partial charge on any atom is 0.270 e. The number of hydrogen-bond acceptors (Lipinski definition) is 5. The second-order valence-corrected chi connectivity index (χ2v) is 6.67. The fraction of sp³-hybridized carbons (Fsp3) is 0.588. The van der Waals surface area contributed by atoms with Gasteiger partial charge >= 0.3 is 0 Å². The van der Waals surface area contributed by atoms with Crippen LogP contribution in [-0.4, -0.2) is 55.0 Å². The maximum absolute atomic E-state index is 13.0. The highest BCUT2D eigenvalue weighted by Crippen LogP contribution is 2.30. The monoisotopic (exact) mass is 332 g/mol. The van der Waals surface area contributed by atoms with Gasteiger partial charge in [-0.05, 0) is 24.8 Å². The first-order valence-corrected chi connectivity index (χ1v) is 8.59. The number of nitrogens with zero attached hydrogens (tertiary/aromatic N) is 3. The fourth-order valence-corrected chi connectivity index (χ4v) is 3.37. The third kappa shape index (κ3) is 3.51. The molecule has 0 aromatic heterocycles. The van der Waals surface area contributed by atoms with Gasteiger partial charge in [0.15, 0.2) is 0 Å². The SMILES string of the molecule is CC1CCN(c2ccc([N+](=O)[O-])cc2C(=O)N2CCNCC2)CC1. The highest BCUT2D eigenvalue weighted by Gasteiger charge is 2.26. The van der Waals surface area contributed by atoms with Gasteiger partial charge in [-0.25, -0.2) is 0 Å². The molecule has 0 bridgehead atoms. The molecule has 0 spiro atoms. The summed E-state index contributed by atoms with van der Waals surface area (Å²) in [5, 5.41) is 14.4. The van der Waals surface area contributed by atoms with E-state index in [1.54, 1.807) is 11.0 Å². The molecule has 2 saturated heterocycles. The van der Waals surface area contributed by atoms with E-state index < -0.39 is 4.92 Å². The minimum atomic E-state index is -0.434. The Hall–Kier alpha value is -2.15. The molecule has 24 heavy (non-hydrogen) atoms. The molecule has 2 aliphatic heterocycles. The minimum absolute atomic E-state index is 0.0254. The van der Waals surface area contributed by atoms with Crippen LogP contribution in [-0.2, 0) is 0 Å². The smallest absolute Gasteiger partial charge is 0.270 e. The molecule has 3 rings (SSSR count). The van der Waals surface area contributed by atoms with Crippen LogP contribution >= 0.6 is 0 Å². The van der Waals surface area contributed by atoms with Gasteiger partial charge in [0.25, 0.3) is 11.6 Å². The number of carbonyl (C=O) groups excluding carboxylic acids is 1. The molecule has 0 radical (unpaired) electrons. The summed E-state index contributed by atoms with van der Waals surface area (Å²) in [6.45, 7) is 6.81. The van der Waals surface area contributed by atoms with Crippen molar-refractivity contribution in [1.82, 2.24) is 10.2 Å². The molecule has 1 aromatic carbocycles. The van der Waals surface area contributed by atoms with Gasteiger partial charge in [0.1, 0.15) is 0 Å². The standard InChI is InChI=1S/C17H24N4O3/c1-13-4-8-19(9-5-13)16-3-2-14(21(23)24)12-15(16)17(22)20-10-6-18-7-11-20/h2-3,12-13,18H,4-11H2,1H3. The summed E-state index contributed by atoms with van der Waals surface area (Å²) in [5.74, 6) is 0.584. The van der Waals surface area contributed by atoms with Gasteiger partial charge in [0.2, 0.25) is 0 Å². The van der Waals surface area contributed by atoms with E-state index in [9.17, 15) is 14.9 Å². The van der Waals surface area contributed by atoms with E-state index in [1.165, 1.54) is 12.1 Å². The number of amides is 1. The van der Waals surface area contributed by atoms with Gasteiger partial charge in [-0.1, -0.05) is 6.92 Å². The third-order valence-electron chi connectivity index (χ3n) is 4.95. The maximum atomic E-state index is 13.0. The van der Waals surface area contributed by atoms with E-state index in [4.69, 9.17) is 0 Å². The molecule has 1 N–H and O–H groups in total. The van der Waals surface area contributed by atoms with Crippen molar-refractivity contribution in [1.29, 1.82) is 0 Å². The van der Waals surface area contributed by atoms with Gasteiger partial charge in [0.05, 0.1) is 16.2 Å². The molecule has 2 fully saturated rings. The third-order valence-corrected chi connectivity index (χ3v) is 4.95. The number of benzene rings is 1. The van der Waals surface area contributed by atoms with Crippen LogP contribution in [0.5, 0.6) is 0 Å².